The lowest BCUT2D eigenvalue weighted by Gasteiger charge is -2.15. The monoisotopic (exact) mass is 344 g/mol. The average Bonchev–Trinajstić information content (AvgIpc) is 3.29. The normalized spacial score (nSPS) is 17.9. The molecule has 1 aromatic heterocycles. The van der Waals surface area contributed by atoms with Crippen LogP contribution in [0.2, 0.25) is 0 Å². The highest BCUT2D eigenvalue weighted by Crippen LogP contribution is 2.25. The molecular weight excluding hydrogens is 320 g/mol. The van der Waals surface area contributed by atoms with Gasteiger partial charge >= 0.3 is 0 Å². The minimum atomic E-state index is 0.717. The predicted octanol–water partition coefficient (Wildman–Crippen LogP) is 1.89. The molecule has 24 heavy (non-hydrogen) atoms. The number of hydrogen-bond acceptors (Lipinski definition) is 4. The second-order valence-corrected chi connectivity index (χ2v) is 7.26. The molecule has 2 aromatic rings. The molecule has 0 spiro atoms. The highest BCUT2D eigenvalue weighted by Gasteiger charge is 2.15. The van der Waals surface area contributed by atoms with Crippen LogP contribution >= 0.6 is 11.8 Å². The van der Waals surface area contributed by atoms with Crippen LogP contribution in [-0.2, 0) is 13.1 Å². The van der Waals surface area contributed by atoms with Crippen molar-refractivity contribution >= 4 is 17.7 Å². The van der Waals surface area contributed by atoms with Gasteiger partial charge in [-0.2, -0.15) is 16.9 Å². The molecule has 0 radical (unpaired) electrons. The van der Waals surface area contributed by atoms with E-state index in [0.29, 0.717) is 0 Å². The van der Waals surface area contributed by atoms with Crippen molar-refractivity contribution in [1.29, 1.82) is 0 Å². The van der Waals surface area contributed by atoms with Crippen LogP contribution in [0.25, 0.3) is 0 Å². The SMILES string of the molecule is CN=C(NCc1cccc(Cn2cncn2)c1)NCC1CCCS1. The minimum Gasteiger partial charge on any atom is -0.355 e. The first kappa shape index (κ1) is 16.8. The number of aliphatic imine (C=N–C) groups is 1. The molecule has 0 bridgehead atoms. The number of rotatable bonds is 6. The number of thioether (sulfide) groups is 1. The summed E-state index contributed by atoms with van der Waals surface area (Å²) in [6.07, 6.45) is 5.93. The van der Waals surface area contributed by atoms with E-state index in [4.69, 9.17) is 0 Å². The van der Waals surface area contributed by atoms with Crippen molar-refractivity contribution in [1.82, 2.24) is 25.4 Å². The third-order valence-electron chi connectivity index (χ3n) is 4.01. The van der Waals surface area contributed by atoms with Gasteiger partial charge in [0.2, 0.25) is 0 Å². The molecule has 1 aliphatic rings. The molecule has 1 aromatic carbocycles. The summed E-state index contributed by atoms with van der Waals surface area (Å²) >= 11 is 2.05. The van der Waals surface area contributed by atoms with E-state index in [9.17, 15) is 0 Å². The standard InChI is InChI=1S/C17H24N6S/c1-18-17(21-10-16-6-3-7-24-16)20-9-14-4-2-5-15(8-14)11-23-13-19-12-22-23/h2,4-5,8,12-13,16H,3,6-7,9-11H2,1H3,(H2,18,20,21). The molecule has 1 aliphatic heterocycles. The fourth-order valence-electron chi connectivity index (χ4n) is 2.76. The Kier molecular flexibility index (Phi) is 6.12. The van der Waals surface area contributed by atoms with Crippen molar-refractivity contribution in [2.75, 3.05) is 19.3 Å². The van der Waals surface area contributed by atoms with E-state index in [0.717, 1.165) is 30.8 Å². The zero-order chi connectivity index (χ0) is 16.6. The van der Waals surface area contributed by atoms with Gasteiger partial charge in [-0.1, -0.05) is 24.3 Å². The second kappa shape index (κ2) is 8.73. The molecule has 1 fully saturated rings. The Bertz CT molecular complexity index is 649. The molecule has 2 N–H and O–H groups in total. The Morgan fingerprint density at radius 1 is 1.38 bits per heavy atom. The van der Waals surface area contributed by atoms with Crippen LogP contribution < -0.4 is 10.6 Å². The number of nitrogens with one attached hydrogen (secondary N) is 2. The molecule has 0 saturated carbocycles. The lowest BCUT2D eigenvalue weighted by molar-refractivity contribution is 0.683. The highest BCUT2D eigenvalue weighted by atomic mass is 32.2. The van der Waals surface area contributed by atoms with Crippen molar-refractivity contribution in [3.63, 3.8) is 0 Å². The maximum atomic E-state index is 4.31. The van der Waals surface area contributed by atoms with Gasteiger partial charge in [-0.05, 0) is 29.7 Å². The largest absolute Gasteiger partial charge is 0.355 e. The first-order chi connectivity index (χ1) is 11.8. The maximum Gasteiger partial charge on any atom is 0.191 e. The Hall–Kier alpha value is -2.02. The van der Waals surface area contributed by atoms with Crippen LogP contribution in [0.15, 0.2) is 41.9 Å². The summed E-state index contributed by atoms with van der Waals surface area (Å²) in [5.41, 5.74) is 2.44. The highest BCUT2D eigenvalue weighted by molar-refractivity contribution is 8.00. The van der Waals surface area contributed by atoms with Crippen molar-refractivity contribution in [3.05, 3.63) is 48.0 Å². The van der Waals surface area contributed by atoms with Gasteiger partial charge < -0.3 is 10.6 Å². The lowest BCUT2D eigenvalue weighted by Crippen LogP contribution is -2.39. The van der Waals surface area contributed by atoms with Gasteiger partial charge in [0.25, 0.3) is 0 Å². The zero-order valence-electron chi connectivity index (χ0n) is 14.0. The number of aromatic nitrogens is 3. The summed E-state index contributed by atoms with van der Waals surface area (Å²) in [6, 6.07) is 8.50. The Morgan fingerprint density at radius 2 is 2.29 bits per heavy atom. The third-order valence-corrected chi connectivity index (χ3v) is 5.41. The third kappa shape index (κ3) is 4.99. The van der Waals surface area contributed by atoms with Crippen LogP contribution in [0.4, 0.5) is 0 Å². The summed E-state index contributed by atoms with van der Waals surface area (Å²) in [7, 11) is 1.82. The van der Waals surface area contributed by atoms with E-state index in [2.05, 4.69) is 61.7 Å². The van der Waals surface area contributed by atoms with Crippen LogP contribution in [0.3, 0.4) is 0 Å². The quantitative estimate of drug-likeness (QED) is 0.619. The van der Waals surface area contributed by atoms with Gasteiger partial charge in [-0.25, -0.2) is 9.67 Å². The Labute approximate surface area is 147 Å². The number of guanidine groups is 1. The summed E-state index contributed by atoms with van der Waals surface area (Å²) in [6.45, 7) is 2.47. The van der Waals surface area contributed by atoms with Gasteiger partial charge in [-0.3, -0.25) is 4.99 Å². The number of benzene rings is 1. The zero-order valence-corrected chi connectivity index (χ0v) is 14.8. The molecule has 1 unspecified atom stereocenters. The van der Waals surface area contributed by atoms with E-state index in [1.54, 1.807) is 12.7 Å². The molecule has 2 heterocycles. The fraction of sp³-hybridized carbons (Fsp3) is 0.471. The maximum absolute atomic E-state index is 4.31. The van der Waals surface area contributed by atoms with Crippen LogP contribution in [0.5, 0.6) is 0 Å². The van der Waals surface area contributed by atoms with E-state index >= 15 is 0 Å². The smallest absolute Gasteiger partial charge is 0.191 e. The van der Waals surface area contributed by atoms with Gasteiger partial charge in [-0.15, -0.1) is 0 Å². The van der Waals surface area contributed by atoms with E-state index in [-0.39, 0.29) is 0 Å². The molecule has 1 atom stereocenters. The average molecular weight is 344 g/mol. The topological polar surface area (TPSA) is 67.1 Å². The minimum absolute atomic E-state index is 0.717. The molecular formula is C17H24N6S. The summed E-state index contributed by atoms with van der Waals surface area (Å²) in [4.78, 5) is 8.29. The molecule has 7 heteroatoms. The van der Waals surface area contributed by atoms with Crippen LogP contribution in [0, 0.1) is 0 Å². The molecule has 1 saturated heterocycles. The molecule has 0 amide bonds. The van der Waals surface area contributed by atoms with Gasteiger partial charge in [0.1, 0.15) is 12.7 Å². The number of hydrogen-bond donors (Lipinski definition) is 2. The van der Waals surface area contributed by atoms with Gasteiger partial charge in [0.05, 0.1) is 6.54 Å². The van der Waals surface area contributed by atoms with Crippen molar-refractivity contribution in [3.8, 4) is 0 Å². The number of nitrogens with zero attached hydrogens (tertiary/aromatic N) is 4. The first-order valence-electron chi connectivity index (χ1n) is 8.30. The van der Waals surface area contributed by atoms with Crippen molar-refractivity contribution in [2.45, 2.75) is 31.2 Å². The molecule has 0 aliphatic carbocycles. The van der Waals surface area contributed by atoms with E-state index in [1.807, 2.05) is 11.7 Å². The van der Waals surface area contributed by atoms with Crippen molar-refractivity contribution < 1.29 is 0 Å². The molecule has 6 nitrogen and oxygen atoms in total. The van der Waals surface area contributed by atoms with Crippen molar-refractivity contribution in [2.24, 2.45) is 4.99 Å². The van der Waals surface area contributed by atoms with Crippen LogP contribution in [-0.4, -0.2) is 45.3 Å². The van der Waals surface area contributed by atoms with Gasteiger partial charge in [0.15, 0.2) is 5.96 Å². The van der Waals surface area contributed by atoms with E-state index in [1.165, 1.54) is 29.7 Å². The molecule has 128 valence electrons. The lowest BCUT2D eigenvalue weighted by atomic mass is 10.1. The summed E-state index contributed by atoms with van der Waals surface area (Å²) in [5.74, 6) is 2.15. The second-order valence-electron chi connectivity index (χ2n) is 5.85. The van der Waals surface area contributed by atoms with Gasteiger partial charge in [0, 0.05) is 25.4 Å². The van der Waals surface area contributed by atoms with E-state index < -0.39 is 0 Å². The Morgan fingerprint density at radius 3 is 3.04 bits per heavy atom. The summed E-state index contributed by atoms with van der Waals surface area (Å²) in [5, 5.41) is 11.7. The summed E-state index contributed by atoms with van der Waals surface area (Å²) < 4.78 is 1.83. The van der Waals surface area contributed by atoms with Crippen LogP contribution in [0.1, 0.15) is 24.0 Å². The predicted molar refractivity (Wildman–Crippen MR) is 99.2 cm³/mol. The first-order valence-corrected chi connectivity index (χ1v) is 9.35. The molecule has 3 rings (SSSR count). The Balaban J connectivity index is 1.49. The fourth-order valence-corrected chi connectivity index (χ4v) is 3.96.